The number of halogens is 2. The van der Waals surface area contributed by atoms with E-state index in [0.717, 1.165) is 0 Å². The lowest BCUT2D eigenvalue weighted by Gasteiger charge is -2.09. The first-order valence-electron chi connectivity index (χ1n) is 5.44. The van der Waals surface area contributed by atoms with Crippen LogP contribution in [-0.2, 0) is 0 Å². The van der Waals surface area contributed by atoms with E-state index in [4.69, 9.17) is 5.26 Å². The molecule has 5 heteroatoms. The zero-order valence-electron chi connectivity index (χ0n) is 9.68. The van der Waals surface area contributed by atoms with E-state index >= 15 is 0 Å². The van der Waals surface area contributed by atoms with Gasteiger partial charge in [-0.05, 0) is 40.2 Å². The van der Waals surface area contributed by atoms with Crippen molar-refractivity contribution in [3.63, 3.8) is 0 Å². The van der Waals surface area contributed by atoms with E-state index in [0.29, 0.717) is 5.69 Å². The van der Waals surface area contributed by atoms with Crippen LogP contribution in [0.1, 0.15) is 22.0 Å². The van der Waals surface area contributed by atoms with Crippen molar-refractivity contribution in [2.75, 3.05) is 0 Å². The van der Waals surface area contributed by atoms with Gasteiger partial charge in [-0.25, -0.2) is 4.39 Å². The molecule has 0 aliphatic heterocycles. The Morgan fingerprint density at radius 3 is 2.74 bits per heavy atom. The van der Waals surface area contributed by atoms with Crippen LogP contribution in [-0.4, -0.2) is 10.8 Å². The third kappa shape index (κ3) is 2.69. The Hall–Kier alpha value is -2.06. The number of rotatable bonds is 3. The lowest BCUT2D eigenvalue weighted by Crippen LogP contribution is -2.14. The summed E-state index contributed by atoms with van der Waals surface area (Å²) in [6.07, 6.45) is 1.49. The number of carbonyl (C=O) groups excluding carboxylic acids is 1. The Labute approximate surface area is 117 Å². The quantitative estimate of drug-likeness (QED) is 0.814. The van der Waals surface area contributed by atoms with Crippen LogP contribution in [0.25, 0.3) is 0 Å². The predicted molar refractivity (Wildman–Crippen MR) is 71.0 cm³/mol. The highest BCUT2D eigenvalue weighted by Crippen LogP contribution is 2.24. The molecule has 0 aliphatic carbocycles. The smallest absolute Gasteiger partial charge is 0.189 e. The van der Waals surface area contributed by atoms with Crippen LogP contribution in [0, 0.1) is 17.1 Å². The number of benzene rings is 1. The summed E-state index contributed by atoms with van der Waals surface area (Å²) >= 11 is 3.02. The summed E-state index contributed by atoms with van der Waals surface area (Å²) in [6, 6.07) is 11.2. The number of Topliss-reactive ketones (excluding diaryl/α,β-unsaturated/α-hetero) is 1. The van der Waals surface area contributed by atoms with Crippen LogP contribution in [0.5, 0.6) is 0 Å². The zero-order chi connectivity index (χ0) is 13.8. The van der Waals surface area contributed by atoms with Gasteiger partial charge in [0.15, 0.2) is 11.7 Å². The molecule has 0 fully saturated rings. The van der Waals surface area contributed by atoms with Crippen LogP contribution >= 0.6 is 15.9 Å². The fraction of sp³-hybridized carbons (Fsp3) is 0.0714. The normalized spacial score (nSPS) is 11.6. The molecule has 1 aromatic heterocycles. The predicted octanol–water partition coefficient (Wildman–Crippen LogP) is 3.47. The number of hydrogen-bond donors (Lipinski definition) is 0. The van der Waals surface area contributed by atoms with Crippen molar-refractivity contribution in [3.8, 4) is 6.07 Å². The van der Waals surface area contributed by atoms with E-state index in [2.05, 4.69) is 20.9 Å². The second-order valence-corrected chi connectivity index (χ2v) is 4.64. The number of carbonyl (C=O) groups is 1. The van der Waals surface area contributed by atoms with Gasteiger partial charge in [-0.1, -0.05) is 12.1 Å². The lowest BCUT2D eigenvalue weighted by molar-refractivity contribution is 0.0973. The van der Waals surface area contributed by atoms with Crippen LogP contribution in [0.4, 0.5) is 4.39 Å². The van der Waals surface area contributed by atoms with E-state index in [1.807, 2.05) is 6.07 Å². The Bertz CT molecular complexity index is 652. The van der Waals surface area contributed by atoms with Gasteiger partial charge in [0.05, 0.1) is 21.8 Å². The van der Waals surface area contributed by atoms with Crippen molar-refractivity contribution in [1.82, 2.24) is 4.98 Å². The zero-order valence-corrected chi connectivity index (χ0v) is 11.3. The van der Waals surface area contributed by atoms with Crippen molar-refractivity contribution in [3.05, 3.63) is 64.1 Å². The lowest BCUT2D eigenvalue weighted by atomic mass is 9.95. The number of hydrogen-bond acceptors (Lipinski definition) is 3. The first-order valence-corrected chi connectivity index (χ1v) is 6.23. The Morgan fingerprint density at radius 2 is 2.11 bits per heavy atom. The number of nitrogens with zero attached hydrogens (tertiary/aromatic N) is 2. The van der Waals surface area contributed by atoms with Gasteiger partial charge in [0.25, 0.3) is 0 Å². The van der Waals surface area contributed by atoms with E-state index in [9.17, 15) is 9.18 Å². The third-order valence-electron chi connectivity index (χ3n) is 2.59. The molecule has 19 heavy (non-hydrogen) atoms. The molecule has 1 aromatic carbocycles. The molecule has 2 aromatic rings. The van der Waals surface area contributed by atoms with Crippen LogP contribution in [0.15, 0.2) is 47.1 Å². The molecule has 0 N–H and O–H groups in total. The molecule has 1 unspecified atom stereocenters. The Morgan fingerprint density at radius 1 is 1.32 bits per heavy atom. The standard InChI is InChI=1S/C14H8BrFN2O/c15-11-5-3-4-9(13(11)16)14(19)10(8-17)12-6-1-2-7-18-12/h1-7,10H. The van der Waals surface area contributed by atoms with E-state index < -0.39 is 17.5 Å². The average Bonchev–Trinajstić information content (AvgIpc) is 2.44. The van der Waals surface area contributed by atoms with Crippen molar-refractivity contribution in [2.24, 2.45) is 0 Å². The molecule has 0 aliphatic rings. The van der Waals surface area contributed by atoms with Gasteiger partial charge in [0.1, 0.15) is 5.82 Å². The van der Waals surface area contributed by atoms with Gasteiger partial charge in [-0.3, -0.25) is 9.78 Å². The van der Waals surface area contributed by atoms with Crippen molar-refractivity contribution >= 4 is 21.7 Å². The molecule has 1 atom stereocenters. The van der Waals surface area contributed by atoms with Gasteiger partial charge in [0, 0.05) is 6.20 Å². The minimum Gasteiger partial charge on any atom is -0.292 e. The molecule has 0 saturated carbocycles. The van der Waals surface area contributed by atoms with E-state index in [1.165, 1.54) is 18.3 Å². The average molecular weight is 319 g/mol. The summed E-state index contributed by atoms with van der Waals surface area (Å²) in [5, 5.41) is 9.13. The van der Waals surface area contributed by atoms with Crippen molar-refractivity contribution < 1.29 is 9.18 Å². The monoisotopic (exact) mass is 318 g/mol. The second-order valence-electron chi connectivity index (χ2n) is 3.78. The topological polar surface area (TPSA) is 53.8 Å². The molecule has 0 amide bonds. The molecule has 3 nitrogen and oxygen atoms in total. The highest BCUT2D eigenvalue weighted by atomic mass is 79.9. The van der Waals surface area contributed by atoms with Crippen LogP contribution in [0.2, 0.25) is 0 Å². The maximum atomic E-state index is 13.9. The minimum absolute atomic E-state index is 0.119. The molecule has 0 radical (unpaired) electrons. The van der Waals surface area contributed by atoms with Gasteiger partial charge in [-0.2, -0.15) is 5.26 Å². The maximum absolute atomic E-state index is 13.9. The van der Waals surface area contributed by atoms with Gasteiger partial charge in [-0.15, -0.1) is 0 Å². The Balaban J connectivity index is 2.43. The Kier molecular flexibility index (Phi) is 4.03. The number of aromatic nitrogens is 1. The van der Waals surface area contributed by atoms with E-state index in [-0.39, 0.29) is 10.0 Å². The number of pyridine rings is 1. The summed E-state index contributed by atoms with van der Waals surface area (Å²) < 4.78 is 14.1. The highest BCUT2D eigenvalue weighted by Gasteiger charge is 2.25. The van der Waals surface area contributed by atoms with E-state index in [1.54, 1.807) is 24.3 Å². The molecular formula is C14H8BrFN2O. The molecule has 2 rings (SSSR count). The first kappa shape index (κ1) is 13.4. The maximum Gasteiger partial charge on any atom is 0.189 e. The third-order valence-corrected chi connectivity index (χ3v) is 3.20. The largest absolute Gasteiger partial charge is 0.292 e. The minimum atomic E-state index is -1.11. The fourth-order valence-electron chi connectivity index (χ4n) is 1.66. The van der Waals surface area contributed by atoms with Gasteiger partial charge < -0.3 is 0 Å². The molecular weight excluding hydrogens is 311 g/mol. The summed E-state index contributed by atoms with van der Waals surface area (Å²) in [5.74, 6) is -2.37. The van der Waals surface area contributed by atoms with Crippen molar-refractivity contribution in [2.45, 2.75) is 5.92 Å². The second kappa shape index (κ2) is 5.72. The number of nitriles is 1. The molecule has 0 saturated heterocycles. The van der Waals surface area contributed by atoms with Crippen LogP contribution < -0.4 is 0 Å². The summed E-state index contributed by atoms with van der Waals surface area (Å²) in [6.45, 7) is 0. The highest BCUT2D eigenvalue weighted by molar-refractivity contribution is 9.10. The fourth-order valence-corrected chi connectivity index (χ4v) is 2.02. The van der Waals surface area contributed by atoms with Crippen LogP contribution in [0.3, 0.4) is 0 Å². The SMILES string of the molecule is N#CC(C(=O)c1cccc(Br)c1F)c1ccccn1. The summed E-state index contributed by atoms with van der Waals surface area (Å²) in [7, 11) is 0. The summed E-state index contributed by atoms with van der Waals surface area (Å²) in [4.78, 5) is 16.2. The molecule has 94 valence electrons. The first-order chi connectivity index (χ1) is 9.15. The number of ketones is 1. The van der Waals surface area contributed by atoms with Gasteiger partial charge in [0.2, 0.25) is 0 Å². The molecule has 0 bridgehead atoms. The molecule has 0 spiro atoms. The van der Waals surface area contributed by atoms with Gasteiger partial charge >= 0.3 is 0 Å². The van der Waals surface area contributed by atoms with Crippen molar-refractivity contribution in [1.29, 1.82) is 5.26 Å². The molecule has 1 heterocycles. The summed E-state index contributed by atoms with van der Waals surface area (Å²) in [5.41, 5.74) is 0.195.